The molecule has 0 aliphatic heterocycles. The van der Waals surface area contributed by atoms with Crippen molar-refractivity contribution in [3.8, 4) is 11.5 Å². The Morgan fingerprint density at radius 3 is 2.95 bits per heavy atom. The summed E-state index contributed by atoms with van der Waals surface area (Å²) in [4.78, 5) is 11.1. The Hall–Kier alpha value is -3.17. The predicted molar refractivity (Wildman–Crippen MR) is 67.0 cm³/mol. The number of benzene rings is 1. The summed E-state index contributed by atoms with van der Waals surface area (Å²) in [6.07, 6.45) is 1.18. The number of aromatic carboxylic acids is 1. The molecule has 0 spiro atoms. The van der Waals surface area contributed by atoms with E-state index in [1.54, 1.807) is 0 Å². The van der Waals surface area contributed by atoms with Gasteiger partial charge in [0, 0.05) is 0 Å². The molecule has 20 heavy (non-hydrogen) atoms. The summed E-state index contributed by atoms with van der Waals surface area (Å²) in [6.45, 7) is 0. The number of rotatable bonds is 5. The maximum atomic E-state index is 11.1. The number of aromatic hydroxyl groups is 1. The van der Waals surface area contributed by atoms with Crippen LogP contribution in [-0.4, -0.2) is 50.1 Å². The van der Waals surface area contributed by atoms with Gasteiger partial charge in [0.15, 0.2) is 11.5 Å². The molecule has 0 unspecified atom stereocenters. The number of ether oxygens (including phenoxy) is 1. The number of H-pyrrole nitrogens is 1. The van der Waals surface area contributed by atoms with Gasteiger partial charge in [-0.2, -0.15) is 10.3 Å². The van der Waals surface area contributed by atoms with Gasteiger partial charge in [-0.05, 0) is 17.3 Å². The summed E-state index contributed by atoms with van der Waals surface area (Å²) >= 11 is 0. The molecule has 10 nitrogen and oxygen atoms in total. The summed E-state index contributed by atoms with van der Waals surface area (Å²) in [5.74, 6) is -1.26. The molecule has 0 saturated heterocycles. The third-order valence-corrected chi connectivity index (χ3v) is 2.31. The van der Waals surface area contributed by atoms with E-state index >= 15 is 0 Å². The number of aromatic amines is 1. The number of tetrazole rings is 1. The molecule has 4 N–H and O–H groups in total. The van der Waals surface area contributed by atoms with Gasteiger partial charge >= 0.3 is 5.97 Å². The van der Waals surface area contributed by atoms with E-state index in [0.29, 0.717) is 0 Å². The maximum absolute atomic E-state index is 11.1. The van der Waals surface area contributed by atoms with Crippen molar-refractivity contribution < 1.29 is 19.7 Å². The first-order valence-electron chi connectivity index (χ1n) is 5.29. The van der Waals surface area contributed by atoms with Crippen molar-refractivity contribution in [2.24, 2.45) is 5.10 Å². The molecular formula is C10H10N6O4. The number of aromatic nitrogens is 4. The van der Waals surface area contributed by atoms with Gasteiger partial charge in [-0.1, -0.05) is 5.10 Å². The van der Waals surface area contributed by atoms with Gasteiger partial charge < -0.3 is 14.9 Å². The van der Waals surface area contributed by atoms with E-state index in [1.807, 2.05) is 0 Å². The zero-order valence-corrected chi connectivity index (χ0v) is 10.2. The van der Waals surface area contributed by atoms with Crippen LogP contribution in [0.1, 0.15) is 15.9 Å². The number of phenolic OH excluding ortho intramolecular Hbond substituents is 1. The van der Waals surface area contributed by atoms with Crippen molar-refractivity contribution in [1.29, 1.82) is 0 Å². The smallest absolute Gasteiger partial charge is 0.336 e. The van der Waals surface area contributed by atoms with Gasteiger partial charge in [0.2, 0.25) is 0 Å². The number of hydrogen-bond acceptors (Lipinski definition) is 8. The molecular weight excluding hydrogens is 268 g/mol. The van der Waals surface area contributed by atoms with Crippen molar-refractivity contribution in [1.82, 2.24) is 20.6 Å². The van der Waals surface area contributed by atoms with Crippen LogP contribution in [0.5, 0.6) is 11.5 Å². The van der Waals surface area contributed by atoms with E-state index in [2.05, 4.69) is 31.2 Å². The highest BCUT2D eigenvalue weighted by Crippen LogP contribution is 2.31. The second kappa shape index (κ2) is 5.65. The molecule has 0 fully saturated rings. The molecule has 1 heterocycles. The molecule has 2 rings (SSSR count). The average molecular weight is 278 g/mol. The van der Waals surface area contributed by atoms with Gasteiger partial charge in [-0.15, -0.1) is 5.10 Å². The number of carbonyl (C=O) groups is 1. The van der Waals surface area contributed by atoms with Crippen LogP contribution in [0, 0.1) is 0 Å². The SMILES string of the molecule is COc1c(O)ccc(C(=O)O)c1/C=N\Nc1nn[nH]n1. The van der Waals surface area contributed by atoms with Gasteiger partial charge in [0.05, 0.1) is 24.5 Å². The minimum atomic E-state index is -1.18. The molecule has 10 heteroatoms. The highest BCUT2D eigenvalue weighted by molar-refractivity contribution is 6.01. The summed E-state index contributed by atoms with van der Waals surface area (Å²) in [6, 6.07) is 2.47. The Bertz CT molecular complexity index is 639. The third-order valence-electron chi connectivity index (χ3n) is 2.31. The lowest BCUT2D eigenvalue weighted by Crippen LogP contribution is -2.05. The minimum Gasteiger partial charge on any atom is -0.504 e. The van der Waals surface area contributed by atoms with Gasteiger partial charge in [0.25, 0.3) is 5.95 Å². The number of nitrogens with zero attached hydrogens (tertiary/aromatic N) is 4. The molecule has 0 aliphatic carbocycles. The largest absolute Gasteiger partial charge is 0.504 e. The molecule has 1 aromatic heterocycles. The Morgan fingerprint density at radius 1 is 1.55 bits per heavy atom. The summed E-state index contributed by atoms with van der Waals surface area (Å²) in [5, 5.41) is 35.2. The van der Waals surface area contributed by atoms with Crippen molar-refractivity contribution >= 4 is 18.1 Å². The van der Waals surface area contributed by atoms with E-state index < -0.39 is 5.97 Å². The molecule has 0 radical (unpaired) electrons. The van der Waals surface area contributed by atoms with Crippen molar-refractivity contribution in [3.05, 3.63) is 23.3 Å². The first-order chi connectivity index (χ1) is 9.63. The van der Waals surface area contributed by atoms with Crippen LogP contribution in [0.4, 0.5) is 5.95 Å². The van der Waals surface area contributed by atoms with Crippen LogP contribution in [0.15, 0.2) is 17.2 Å². The molecule has 0 saturated carbocycles. The zero-order chi connectivity index (χ0) is 14.5. The fourth-order valence-electron chi connectivity index (χ4n) is 1.48. The van der Waals surface area contributed by atoms with Crippen LogP contribution < -0.4 is 10.2 Å². The number of hydrazone groups is 1. The number of nitrogens with one attached hydrogen (secondary N) is 2. The number of carboxylic acids is 1. The third kappa shape index (κ3) is 2.63. The molecule has 0 amide bonds. The zero-order valence-electron chi connectivity index (χ0n) is 10.2. The van der Waals surface area contributed by atoms with E-state index in [4.69, 9.17) is 9.84 Å². The van der Waals surface area contributed by atoms with Crippen LogP contribution in [0.25, 0.3) is 0 Å². The minimum absolute atomic E-state index is 0.00330. The van der Waals surface area contributed by atoms with Crippen LogP contribution >= 0.6 is 0 Å². The maximum Gasteiger partial charge on any atom is 0.336 e. The van der Waals surface area contributed by atoms with Crippen LogP contribution in [-0.2, 0) is 0 Å². The summed E-state index contributed by atoms with van der Waals surface area (Å²) in [5.41, 5.74) is 2.47. The Balaban J connectivity index is 2.35. The summed E-state index contributed by atoms with van der Waals surface area (Å²) < 4.78 is 4.97. The number of hydrogen-bond donors (Lipinski definition) is 4. The van der Waals surface area contributed by atoms with E-state index in [1.165, 1.54) is 25.5 Å². The van der Waals surface area contributed by atoms with E-state index in [-0.39, 0.29) is 28.6 Å². The quantitative estimate of drug-likeness (QED) is 0.443. The molecule has 2 aromatic rings. The van der Waals surface area contributed by atoms with Gasteiger partial charge in [0.1, 0.15) is 0 Å². The number of methoxy groups -OCH3 is 1. The lowest BCUT2D eigenvalue weighted by molar-refractivity contribution is 0.0696. The van der Waals surface area contributed by atoms with Crippen LogP contribution in [0.3, 0.4) is 0 Å². The Labute approximate surface area is 112 Å². The fraction of sp³-hybridized carbons (Fsp3) is 0.100. The number of phenols is 1. The van der Waals surface area contributed by atoms with Crippen molar-refractivity contribution in [3.63, 3.8) is 0 Å². The average Bonchev–Trinajstić information content (AvgIpc) is 2.92. The Kier molecular flexibility index (Phi) is 3.75. The monoisotopic (exact) mass is 278 g/mol. The summed E-state index contributed by atoms with van der Waals surface area (Å²) in [7, 11) is 1.31. The molecule has 0 atom stereocenters. The van der Waals surface area contributed by atoms with Crippen LogP contribution in [0.2, 0.25) is 0 Å². The van der Waals surface area contributed by atoms with E-state index in [9.17, 15) is 9.90 Å². The van der Waals surface area contributed by atoms with Crippen molar-refractivity contribution in [2.45, 2.75) is 0 Å². The van der Waals surface area contributed by atoms with Crippen molar-refractivity contribution in [2.75, 3.05) is 12.5 Å². The van der Waals surface area contributed by atoms with Gasteiger partial charge in [-0.3, -0.25) is 0 Å². The molecule has 104 valence electrons. The highest BCUT2D eigenvalue weighted by Gasteiger charge is 2.16. The predicted octanol–water partition coefficient (Wildman–Crippen LogP) is 0.0581. The lowest BCUT2D eigenvalue weighted by Gasteiger charge is -2.09. The fourth-order valence-corrected chi connectivity index (χ4v) is 1.48. The Morgan fingerprint density at radius 2 is 2.35 bits per heavy atom. The number of anilines is 1. The highest BCUT2D eigenvalue weighted by atomic mass is 16.5. The standard InChI is InChI=1S/C10H10N6O4/c1-20-8-6(4-11-12-10-13-15-16-14-10)5(9(18)19)2-3-7(8)17/h2-4,17H,1H3,(H,18,19)(H2,12,13,14,15,16)/b11-4-. The molecule has 0 bridgehead atoms. The normalized spacial score (nSPS) is 10.7. The topological polar surface area (TPSA) is 146 Å². The first-order valence-corrected chi connectivity index (χ1v) is 5.29. The molecule has 1 aromatic carbocycles. The second-order valence-corrected chi connectivity index (χ2v) is 3.49. The lowest BCUT2D eigenvalue weighted by atomic mass is 10.1. The molecule has 0 aliphatic rings. The second-order valence-electron chi connectivity index (χ2n) is 3.49. The van der Waals surface area contributed by atoms with E-state index in [0.717, 1.165) is 0 Å². The first kappa shape index (κ1) is 13.3. The van der Waals surface area contributed by atoms with Gasteiger partial charge in [-0.25, -0.2) is 10.2 Å². The number of carboxylic acid groups (broad SMARTS) is 1.